The molecule has 0 amide bonds. The molecule has 0 bridgehead atoms. The topological polar surface area (TPSA) is 56.7 Å². The van der Waals surface area contributed by atoms with Crippen LogP contribution in [0.25, 0.3) is 0 Å². The summed E-state index contributed by atoms with van der Waals surface area (Å²) >= 11 is 1.90. The second-order valence-electron chi connectivity index (χ2n) is 13.0. The minimum absolute atomic E-state index is 0.112. The minimum Gasteiger partial charge on any atom is -0.480 e. The van der Waals surface area contributed by atoms with Crippen LogP contribution in [0, 0.1) is 17.2 Å². The number of benzene rings is 2. The summed E-state index contributed by atoms with van der Waals surface area (Å²) in [7, 11) is 0. The first kappa shape index (κ1) is 29.9. The zero-order valence-corrected chi connectivity index (χ0v) is 25.7. The van der Waals surface area contributed by atoms with Crippen LogP contribution < -0.4 is 0 Å². The van der Waals surface area contributed by atoms with Crippen molar-refractivity contribution in [1.82, 2.24) is 14.8 Å². The molecule has 3 aromatic rings. The van der Waals surface area contributed by atoms with E-state index in [0.29, 0.717) is 19.0 Å². The molecule has 2 aliphatic heterocycles. The summed E-state index contributed by atoms with van der Waals surface area (Å²) in [4.78, 5) is 23.5. The lowest BCUT2D eigenvalue weighted by Gasteiger charge is -2.36. The molecule has 220 valence electrons. The summed E-state index contributed by atoms with van der Waals surface area (Å²) < 4.78 is 14.2. The zero-order valence-electron chi connectivity index (χ0n) is 24.9. The maximum Gasteiger partial charge on any atom is 0.321 e. The van der Waals surface area contributed by atoms with E-state index in [4.69, 9.17) is 4.98 Å². The summed E-state index contributed by atoms with van der Waals surface area (Å²) in [5.41, 5.74) is 3.16. The number of carboxylic acid groups (broad SMARTS) is 1. The number of likely N-dealkylation sites (tertiary alicyclic amines) is 2. The third kappa shape index (κ3) is 7.07. The second kappa shape index (κ2) is 12.7. The van der Waals surface area contributed by atoms with Crippen LogP contribution in [0.4, 0.5) is 4.39 Å². The third-order valence-electron chi connectivity index (χ3n) is 8.92. The summed E-state index contributed by atoms with van der Waals surface area (Å²) in [6.45, 7) is 12.5. The molecule has 0 aliphatic carbocycles. The lowest BCUT2D eigenvalue weighted by Crippen LogP contribution is -2.48. The van der Waals surface area contributed by atoms with Gasteiger partial charge in [0, 0.05) is 36.9 Å². The number of aromatic nitrogens is 1. The van der Waals surface area contributed by atoms with Gasteiger partial charge in [0.05, 0.1) is 10.7 Å². The fraction of sp³-hybridized carbons (Fsp3) is 0.529. The van der Waals surface area contributed by atoms with Gasteiger partial charge in [0.2, 0.25) is 0 Å². The Hall–Kier alpha value is -2.61. The molecule has 3 atom stereocenters. The van der Waals surface area contributed by atoms with Crippen LogP contribution in [0.1, 0.15) is 79.1 Å². The highest BCUT2D eigenvalue weighted by Crippen LogP contribution is 2.40. The number of hydrogen-bond donors (Lipinski definition) is 1. The second-order valence-corrected chi connectivity index (χ2v) is 14.1. The summed E-state index contributed by atoms with van der Waals surface area (Å²) in [5, 5.41) is 11.3. The van der Waals surface area contributed by atoms with Gasteiger partial charge in [-0.2, -0.15) is 0 Å². The molecule has 2 aliphatic rings. The molecular formula is C34H44FN3O2S. The number of aliphatic carboxylic acids is 1. The van der Waals surface area contributed by atoms with Crippen molar-refractivity contribution in [3.63, 3.8) is 0 Å². The van der Waals surface area contributed by atoms with Crippen molar-refractivity contribution in [3.8, 4) is 0 Å². The number of hydrogen-bond acceptors (Lipinski definition) is 5. The molecule has 2 aromatic carbocycles. The van der Waals surface area contributed by atoms with E-state index in [2.05, 4.69) is 47.1 Å². The standard InChI is InChI=1S/C34H44FN3O2S/c1-5-29-31(41-30(36-29)18-23-10-7-6-8-11-23)24-14-16-37(17-15-24)20-26-21-38(32(33(39)40)34(2,3)4)22-28(26)25-12-9-13-27(35)19-25/h6-13,19,24,26,28,32H,5,14-18,20-22H2,1-4H3,(H,39,40)/t26-,28+,32-/m0/s1. The lowest BCUT2D eigenvalue weighted by molar-refractivity contribution is -0.147. The van der Waals surface area contributed by atoms with Gasteiger partial charge < -0.3 is 10.0 Å². The van der Waals surface area contributed by atoms with E-state index in [1.807, 2.05) is 38.2 Å². The highest BCUT2D eigenvalue weighted by molar-refractivity contribution is 7.11. The number of thiazole rings is 1. The van der Waals surface area contributed by atoms with Crippen LogP contribution in [0.5, 0.6) is 0 Å². The van der Waals surface area contributed by atoms with E-state index in [1.165, 1.54) is 27.2 Å². The van der Waals surface area contributed by atoms with E-state index >= 15 is 0 Å². The van der Waals surface area contributed by atoms with E-state index in [1.54, 1.807) is 12.1 Å². The van der Waals surface area contributed by atoms with Gasteiger partial charge in [0.15, 0.2) is 0 Å². The molecule has 2 fully saturated rings. The molecular weight excluding hydrogens is 533 g/mol. The Morgan fingerprint density at radius 3 is 2.46 bits per heavy atom. The van der Waals surface area contributed by atoms with Gasteiger partial charge in [0.25, 0.3) is 0 Å². The first-order valence-electron chi connectivity index (χ1n) is 15.1. The average molecular weight is 578 g/mol. The van der Waals surface area contributed by atoms with Crippen molar-refractivity contribution in [3.05, 3.63) is 87.1 Å². The quantitative estimate of drug-likeness (QED) is 0.302. The largest absolute Gasteiger partial charge is 0.480 e. The summed E-state index contributed by atoms with van der Waals surface area (Å²) in [6.07, 6.45) is 4.08. The van der Waals surface area contributed by atoms with Crippen LogP contribution >= 0.6 is 11.3 Å². The molecule has 5 rings (SSSR count). The molecule has 1 aromatic heterocycles. The maximum absolute atomic E-state index is 14.2. The van der Waals surface area contributed by atoms with Crippen molar-refractivity contribution in [2.45, 2.75) is 71.3 Å². The van der Waals surface area contributed by atoms with E-state index in [0.717, 1.165) is 50.9 Å². The van der Waals surface area contributed by atoms with E-state index < -0.39 is 17.4 Å². The number of carbonyl (C=O) groups is 1. The Morgan fingerprint density at radius 2 is 1.83 bits per heavy atom. The molecule has 0 unspecified atom stereocenters. The van der Waals surface area contributed by atoms with E-state index in [9.17, 15) is 14.3 Å². The van der Waals surface area contributed by atoms with Crippen molar-refractivity contribution in [2.24, 2.45) is 11.3 Å². The Kier molecular flexibility index (Phi) is 9.27. The first-order chi connectivity index (χ1) is 19.6. The molecule has 41 heavy (non-hydrogen) atoms. The monoisotopic (exact) mass is 577 g/mol. The SMILES string of the molecule is CCc1nc(Cc2ccccc2)sc1C1CCN(C[C@H]2CN([C@@H](C(=O)O)C(C)(C)C)C[C@@H]2c2cccc(F)c2)CC1. The van der Waals surface area contributed by atoms with Crippen molar-refractivity contribution >= 4 is 17.3 Å². The number of aryl methyl sites for hydroxylation is 1. The number of rotatable bonds is 9. The normalized spacial score (nSPS) is 21.8. The van der Waals surface area contributed by atoms with Gasteiger partial charge in [-0.15, -0.1) is 11.3 Å². The Morgan fingerprint density at radius 1 is 1.10 bits per heavy atom. The summed E-state index contributed by atoms with van der Waals surface area (Å²) in [6, 6.07) is 16.9. The third-order valence-corrected chi connectivity index (χ3v) is 10.2. The van der Waals surface area contributed by atoms with Gasteiger partial charge in [-0.3, -0.25) is 9.69 Å². The molecule has 1 N–H and O–H groups in total. The molecule has 0 radical (unpaired) electrons. The van der Waals surface area contributed by atoms with E-state index in [-0.39, 0.29) is 17.7 Å². The van der Waals surface area contributed by atoms with Crippen molar-refractivity contribution < 1.29 is 14.3 Å². The molecule has 7 heteroatoms. The van der Waals surface area contributed by atoms with Crippen molar-refractivity contribution in [1.29, 1.82) is 0 Å². The molecule has 0 spiro atoms. The van der Waals surface area contributed by atoms with Crippen LogP contribution in [-0.2, 0) is 17.6 Å². The van der Waals surface area contributed by atoms with Crippen LogP contribution in [0.15, 0.2) is 54.6 Å². The lowest BCUT2D eigenvalue weighted by atomic mass is 9.85. The number of nitrogens with zero attached hydrogens (tertiary/aromatic N) is 3. The molecule has 5 nitrogen and oxygen atoms in total. The zero-order chi connectivity index (χ0) is 29.1. The average Bonchev–Trinajstić information content (AvgIpc) is 3.52. The van der Waals surface area contributed by atoms with Crippen LogP contribution in [0.2, 0.25) is 0 Å². The fourth-order valence-electron chi connectivity index (χ4n) is 7.03. The first-order valence-corrected chi connectivity index (χ1v) is 15.9. The van der Waals surface area contributed by atoms with Gasteiger partial charge >= 0.3 is 5.97 Å². The fourth-order valence-corrected chi connectivity index (χ4v) is 8.39. The minimum atomic E-state index is -0.778. The molecule has 3 heterocycles. The van der Waals surface area contributed by atoms with Gasteiger partial charge in [-0.05, 0) is 72.9 Å². The van der Waals surface area contributed by atoms with Crippen LogP contribution in [0.3, 0.4) is 0 Å². The highest BCUT2D eigenvalue weighted by atomic mass is 32.1. The van der Waals surface area contributed by atoms with Gasteiger partial charge in [0.1, 0.15) is 11.9 Å². The van der Waals surface area contributed by atoms with Crippen molar-refractivity contribution in [2.75, 3.05) is 32.7 Å². The Bertz CT molecular complexity index is 1310. The van der Waals surface area contributed by atoms with Gasteiger partial charge in [-0.1, -0.05) is 70.2 Å². The molecule has 0 saturated carbocycles. The number of carboxylic acids is 1. The highest BCUT2D eigenvalue weighted by Gasteiger charge is 2.44. The summed E-state index contributed by atoms with van der Waals surface area (Å²) in [5.74, 6) is -0.0977. The Balaban J connectivity index is 1.27. The smallest absolute Gasteiger partial charge is 0.321 e. The number of piperidine rings is 1. The predicted molar refractivity (Wildman–Crippen MR) is 164 cm³/mol. The number of halogens is 1. The Labute approximate surface area is 248 Å². The maximum atomic E-state index is 14.2. The van der Waals surface area contributed by atoms with Gasteiger partial charge in [-0.25, -0.2) is 9.37 Å². The predicted octanol–water partition coefficient (Wildman–Crippen LogP) is 6.83. The molecule has 2 saturated heterocycles. The van der Waals surface area contributed by atoms with Crippen LogP contribution in [-0.4, -0.2) is 64.6 Å².